The number of nitrogens with zero attached hydrogens (tertiary/aromatic N) is 2. The SMILES string of the molecule is COC(=O)c1ccccc1S(=O)(=O)NC(=O)Nc1nc(C)cc(C(=O)O)n1. The van der Waals surface area contributed by atoms with E-state index in [-0.39, 0.29) is 17.0 Å². The summed E-state index contributed by atoms with van der Waals surface area (Å²) >= 11 is 0. The Hall–Kier alpha value is -3.54. The van der Waals surface area contributed by atoms with Crippen LogP contribution in [-0.4, -0.2) is 48.6 Å². The summed E-state index contributed by atoms with van der Waals surface area (Å²) in [6.45, 7) is 1.47. The van der Waals surface area contributed by atoms with Crippen molar-refractivity contribution in [2.45, 2.75) is 11.8 Å². The predicted molar refractivity (Wildman–Crippen MR) is 90.9 cm³/mol. The van der Waals surface area contributed by atoms with Gasteiger partial charge < -0.3 is 9.84 Å². The van der Waals surface area contributed by atoms with Gasteiger partial charge in [0.15, 0.2) is 5.69 Å². The summed E-state index contributed by atoms with van der Waals surface area (Å²) in [6, 6.07) is 5.07. The number of rotatable bonds is 5. The van der Waals surface area contributed by atoms with Crippen LogP contribution < -0.4 is 10.0 Å². The number of methoxy groups -OCH3 is 1. The Bertz CT molecular complexity index is 1020. The maximum atomic E-state index is 12.4. The second kappa shape index (κ2) is 7.78. The third-order valence-corrected chi connectivity index (χ3v) is 4.50. The quantitative estimate of drug-likeness (QED) is 0.621. The second-order valence-corrected chi connectivity index (χ2v) is 6.72. The number of carboxylic acid groups (broad SMARTS) is 1. The molecule has 0 aliphatic heterocycles. The fourth-order valence-corrected chi connectivity index (χ4v) is 3.12. The number of amides is 2. The molecule has 27 heavy (non-hydrogen) atoms. The average molecular weight is 394 g/mol. The number of aromatic carboxylic acids is 1. The fourth-order valence-electron chi connectivity index (χ4n) is 2.02. The molecule has 0 radical (unpaired) electrons. The van der Waals surface area contributed by atoms with Crippen LogP contribution in [0.3, 0.4) is 0 Å². The number of esters is 1. The summed E-state index contributed by atoms with van der Waals surface area (Å²) in [5.74, 6) is -2.64. The minimum Gasteiger partial charge on any atom is -0.477 e. The summed E-state index contributed by atoms with van der Waals surface area (Å²) in [6.07, 6.45) is 0. The molecule has 12 heteroatoms. The average Bonchev–Trinajstić information content (AvgIpc) is 2.59. The van der Waals surface area contributed by atoms with Crippen LogP contribution in [-0.2, 0) is 14.8 Å². The predicted octanol–water partition coefficient (Wildman–Crippen LogP) is 0.780. The summed E-state index contributed by atoms with van der Waals surface area (Å²) in [7, 11) is -3.35. The molecule has 0 bridgehead atoms. The van der Waals surface area contributed by atoms with Gasteiger partial charge in [-0.3, -0.25) is 5.32 Å². The topological polar surface area (TPSA) is 165 Å². The maximum Gasteiger partial charge on any atom is 0.354 e. The smallest absolute Gasteiger partial charge is 0.354 e. The van der Waals surface area contributed by atoms with Crippen LogP contribution in [0.25, 0.3) is 0 Å². The first kappa shape index (κ1) is 19.8. The molecule has 2 rings (SSSR count). The number of anilines is 1. The van der Waals surface area contributed by atoms with Crippen LogP contribution in [0.5, 0.6) is 0 Å². The van der Waals surface area contributed by atoms with Crippen molar-refractivity contribution in [3.05, 3.63) is 47.3 Å². The number of aromatic nitrogens is 2. The van der Waals surface area contributed by atoms with Crippen LogP contribution in [0, 0.1) is 6.92 Å². The molecule has 3 N–H and O–H groups in total. The Morgan fingerprint density at radius 2 is 1.81 bits per heavy atom. The van der Waals surface area contributed by atoms with Crippen molar-refractivity contribution in [1.29, 1.82) is 0 Å². The lowest BCUT2D eigenvalue weighted by atomic mass is 10.2. The molecule has 1 heterocycles. The molecule has 0 spiro atoms. The molecule has 1 aromatic carbocycles. The Balaban J connectivity index is 2.26. The van der Waals surface area contributed by atoms with Crippen LogP contribution in [0.15, 0.2) is 35.2 Å². The van der Waals surface area contributed by atoms with Gasteiger partial charge in [-0.15, -0.1) is 0 Å². The molecule has 0 fully saturated rings. The lowest BCUT2D eigenvalue weighted by molar-refractivity contribution is 0.0595. The summed E-state index contributed by atoms with van der Waals surface area (Å²) in [5.41, 5.74) is -0.395. The van der Waals surface area contributed by atoms with E-state index in [0.29, 0.717) is 0 Å². The van der Waals surface area contributed by atoms with Gasteiger partial charge in [0.2, 0.25) is 5.95 Å². The number of aryl methyl sites for hydroxylation is 1. The van der Waals surface area contributed by atoms with E-state index in [9.17, 15) is 22.8 Å². The molecule has 0 unspecified atom stereocenters. The summed E-state index contributed by atoms with van der Waals surface area (Å²) in [5, 5.41) is 11.0. The monoisotopic (exact) mass is 394 g/mol. The second-order valence-electron chi connectivity index (χ2n) is 5.07. The van der Waals surface area contributed by atoms with Crippen LogP contribution >= 0.6 is 0 Å². The third-order valence-electron chi connectivity index (χ3n) is 3.11. The molecular weight excluding hydrogens is 380 g/mol. The number of carbonyl (C=O) groups excluding carboxylic acids is 2. The van der Waals surface area contributed by atoms with Gasteiger partial charge in [-0.2, -0.15) is 0 Å². The Kier molecular flexibility index (Phi) is 5.70. The van der Waals surface area contributed by atoms with E-state index in [1.165, 1.54) is 31.2 Å². The van der Waals surface area contributed by atoms with Crippen molar-refractivity contribution in [1.82, 2.24) is 14.7 Å². The van der Waals surface area contributed by atoms with Gasteiger partial charge in [-0.25, -0.2) is 37.5 Å². The number of carboxylic acids is 1. The number of nitrogens with one attached hydrogen (secondary N) is 2. The third kappa shape index (κ3) is 4.76. The number of sulfonamides is 1. The van der Waals surface area contributed by atoms with Gasteiger partial charge in [0.1, 0.15) is 4.90 Å². The molecule has 0 aliphatic rings. The van der Waals surface area contributed by atoms with E-state index >= 15 is 0 Å². The number of urea groups is 1. The molecule has 1 aromatic heterocycles. The zero-order valence-electron chi connectivity index (χ0n) is 14.1. The van der Waals surface area contributed by atoms with Gasteiger partial charge in [0.25, 0.3) is 10.0 Å². The van der Waals surface area contributed by atoms with Crippen molar-refractivity contribution < 1.29 is 32.6 Å². The van der Waals surface area contributed by atoms with E-state index < -0.39 is 38.8 Å². The van der Waals surface area contributed by atoms with Crippen LogP contribution in [0.1, 0.15) is 26.5 Å². The minimum atomic E-state index is -4.44. The van der Waals surface area contributed by atoms with Gasteiger partial charge in [-0.1, -0.05) is 12.1 Å². The van der Waals surface area contributed by atoms with Crippen molar-refractivity contribution >= 4 is 33.9 Å². The number of carbonyl (C=O) groups is 3. The lowest BCUT2D eigenvalue weighted by Crippen LogP contribution is -2.35. The van der Waals surface area contributed by atoms with E-state index in [0.717, 1.165) is 13.2 Å². The number of ether oxygens (including phenoxy) is 1. The highest BCUT2D eigenvalue weighted by Crippen LogP contribution is 2.16. The van der Waals surface area contributed by atoms with Crippen LogP contribution in [0.4, 0.5) is 10.7 Å². The Morgan fingerprint density at radius 1 is 1.15 bits per heavy atom. The molecule has 0 aliphatic carbocycles. The molecule has 2 amide bonds. The molecule has 142 valence electrons. The van der Waals surface area contributed by atoms with Crippen molar-refractivity contribution in [2.24, 2.45) is 0 Å². The first-order valence-electron chi connectivity index (χ1n) is 7.24. The largest absolute Gasteiger partial charge is 0.477 e. The summed E-state index contributed by atoms with van der Waals surface area (Å²) < 4.78 is 31.0. The molecular formula is C15H14N4O7S. The zero-order valence-corrected chi connectivity index (χ0v) is 14.9. The standard InChI is InChI=1S/C15H14N4O7S/c1-8-7-10(12(20)21)17-14(16-8)18-15(23)19-27(24,25)11-6-4-3-5-9(11)13(22)26-2/h3-7H,1-2H3,(H,20,21)(H2,16,17,18,19,23). The molecule has 0 saturated carbocycles. The van der Waals surface area contributed by atoms with Gasteiger partial charge in [0.05, 0.1) is 12.7 Å². The van der Waals surface area contributed by atoms with E-state index in [1.54, 1.807) is 4.72 Å². The van der Waals surface area contributed by atoms with Gasteiger partial charge >= 0.3 is 18.0 Å². The molecule has 0 atom stereocenters. The summed E-state index contributed by atoms with van der Waals surface area (Å²) in [4.78, 5) is 41.6. The van der Waals surface area contributed by atoms with Crippen molar-refractivity contribution in [2.75, 3.05) is 12.4 Å². The van der Waals surface area contributed by atoms with E-state index in [1.807, 2.05) is 5.32 Å². The van der Waals surface area contributed by atoms with E-state index in [4.69, 9.17) is 5.11 Å². The maximum absolute atomic E-state index is 12.4. The van der Waals surface area contributed by atoms with Crippen LogP contribution in [0.2, 0.25) is 0 Å². The molecule has 2 aromatic rings. The van der Waals surface area contributed by atoms with Gasteiger partial charge in [-0.05, 0) is 25.1 Å². The highest BCUT2D eigenvalue weighted by atomic mass is 32.2. The van der Waals surface area contributed by atoms with Crippen molar-refractivity contribution in [3.63, 3.8) is 0 Å². The molecule has 11 nitrogen and oxygen atoms in total. The minimum absolute atomic E-state index is 0.247. The Labute approximate surface area is 153 Å². The van der Waals surface area contributed by atoms with Crippen molar-refractivity contribution in [3.8, 4) is 0 Å². The Morgan fingerprint density at radius 3 is 2.44 bits per heavy atom. The number of benzene rings is 1. The fraction of sp³-hybridized carbons (Fsp3) is 0.133. The zero-order chi connectivity index (χ0) is 20.2. The highest BCUT2D eigenvalue weighted by molar-refractivity contribution is 7.90. The van der Waals surface area contributed by atoms with Gasteiger partial charge in [0, 0.05) is 5.69 Å². The first-order chi connectivity index (χ1) is 12.6. The highest BCUT2D eigenvalue weighted by Gasteiger charge is 2.25. The number of hydrogen-bond acceptors (Lipinski definition) is 8. The number of hydrogen-bond donors (Lipinski definition) is 3. The lowest BCUT2D eigenvalue weighted by Gasteiger charge is -2.11. The first-order valence-corrected chi connectivity index (χ1v) is 8.72. The normalized spacial score (nSPS) is 10.7. The van der Waals surface area contributed by atoms with E-state index in [2.05, 4.69) is 14.7 Å². The molecule has 0 saturated heterocycles.